The zero-order valence-corrected chi connectivity index (χ0v) is 21.0. The van der Waals surface area contributed by atoms with Crippen LogP contribution in [0.3, 0.4) is 0 Å². The van der Waals surface area contributed by atoms with Gasteiger partial charge < -0.3 is 20.1 Å². The number of aromatic nitrogens is 2. The van der Waals surface area contributed by atoms with E-state index in [-0.39, 0.29) is 40.3 Å². The Labute approximate surface area is 213 Å². The molecule has 0 aliphatic heterocycles. The zero-order valence-electron chi connectivity index (χ0n) is 19.3. The van der Waals surface area contributed by atoms with Crippen molar-refractivity contribution in [1.82, 2.24) is 9.97 Å². The highest BCUT2D eigenvalue weighted by molar-refractivity contribution is 7.92. The Morgan fingerprint density at radius 2 is 1.39 bits per heavy atom. The summed E-state index contributed by atoms with van der Waals surface area (Å²) in [4.78, 5) is 32.1. The Morgan fingerprint density at radius 1 is 0.861 bits per heavy atom. The lowest BCUT2D eigenvalue weighted by atomic mass is 10.1. The van der Waals surface area contributed by atoms with Crippen LogP contribution in [0.25, 0.3) is 0 Å². The molecular weight excluding hydrogens is 506 g/mol. The van der Waals surface area contributed by atoms with E-state index in [0.717, 1.165) is 0 Å². The summed E-state index contributed by atoms with van der Waals surface area (Å²) in [6.07, 6.45) is 2.84. The minimum atomic E-state index is -3.88. The normalized spacial score (nSPS) is 10.7. The van der Waals surface area contributed by atoms with Crippen LogP contribution in [0.4, 0.5) is 17.3 Å². The second kappa shape index (κ2) is 12.0. The number of benzene rings is 2. The van der Waals surface area contributed by atoms with E-state index in [9.17, 15) is 18.0 Å². The van der Waals surface area contributed by atoms with Gasteiger partial charge in [-0.15, -0.1) is 0 Å². The molecule has 0 bridgehead atoms. The zero-order chi connectivity index (χ0) is 26.1. The number of rotatable bonds is 9. The summed E-state index contributed by atoms with van der Waals surface area (Å²) in [6.45, 7) is 3.69. The number of thiocarbonyl (C=S) groups is 1. The third kappa shape index (κ3) is 7.20. The van der Waals surface area contributed by atoms with Crippen LogP contribution < -0.4 is 15.4 Å². The summed E-state index contributed by atoms with van der Waals surface area (Å²) in [5.74, 6) is -1.24. The van der Waals surface area contributed by atoms with Crippen LogP contribution in [0, 0.1) is 0 Å². The summed E-state index contributed by atoms with van der Waals surface area (Å²) in [5.41, 5.74) is 1.15. The average molecular weight is 530 g/mol. The maximum atomic E-state index is 12.5. The Balaban J connectivity index is 1.72. The number of nitrogens with zero attached hydrogens (tertiary/aromatic N) is 2. The van der Waals surface area contributed by atoms with Gasteiger partial charge >= 0.3 is 11.9 Å². The summed E-state index contributed by atoms with van der Waals surface area (Å²) in [7, 11) is -3.88. The SMILES string of the molecule is CCOC(=O)c1cc(NC(=S)Nc2ccc(S(=O)(=O)Nc3ncccn3)cc2)cc(C(=O)OCC)c1. The molecule has 0 amide bonds. The largest absolute Gasteiger partial charge is 0.462 e. The highest BCUT2D eigenvalue weighted by atomic mass is 32.2. The van der Waals surface area contributed by atoms with E-state index in [2.05, 4.69) is 25.3 Å². The molecular formula is C23H23N5O6S2. The van der Waals surface area contributed by atoms with Gasteiger partial charge in [-0.25, -0.2) is 32.7 Å². The fraction of sp³-hybridized carbons (Fsp3) is 0.174. The first-order valence-corrected chi connectivity index (χ1v) is 12.6. The van der Waals surface area contributed by atoms with Gasteiger partial charge in [0.25, 0.3) is 10.0 Å². The molecule has 0 fully saturated rings. The van der Waals surface area contributed by atoms with Crippen molar-refractivity contribution in [2.45, 2.75) is 18.7 Å². The molecule has 1 aromatic heterocycles. The van der Waals surface area contributed by atoms with Crippen molar-refractivity contribution in [2.75, 3.05) is 28.6 Å². The number of nitrogens with one attached hydrogen (secondary N) is 3. The van der Waals surface area contributed by atoms with E-state index in [1.165, 1.54) is 54.9 Å². The molecule has 0 unspecified atom stereocenters. The minimum absolute atomic E-state index is 0.000552. The van der Waals surface area contributed by atoms with Gasteiger partial charge in [0.05, 0.1) is 29.2 Å². The van der Waals surface area contributed by atoms with Crippen molar-refractivity contribution in [3.63, 3.8) is 0 Å². The number of anilines is 3. The van der Waals surface area contributed by atoms with Crippen molar-refractivity contribution >= 4 is 56.6 Å². The molecule has 3 aromatic rings. The van der Waals surface area contributed by atoms with Crippen LogP contribution in [0.2, 0.25) is 0 Å². The van der Waals surface area contributed by atoms with Crippen LogP contribution >= 0.6 is 12.2 Å². The lowest BCUT2D eigenvalue weighted by Gasteiger charge is -2.13. The number of sulfonamides is 1. The van der Waals surface area contributed by atoms with Gasteiger partial charge in [-0.3, -0.25) is 0 Å². The number of hydrogen-bond acceptors (Lipinski definition) is 9. The van der Waals surface area contributed by atoms with E-state index in [4.69, 9.17) is 21.7 Å². The first-order chi connectivity index (χ1) is 17.2. The minimum Gasteiger partial charge on any atom is -0.462 e. The molecule has 0 saturated carbocycles. The van der Waals surface area contributed by atoms with E-state index < -0.39 is 22.0 Å². The topological polar surface area (TPSA) is 149 Å². The van der Waals surface area contributed by atoms with E-state index in [0.29, 0.717) is 11.4 Å². The predicted molar refractivity (Wildman–Crippen MR) is 137 cm³/mol. The lowest BCUT2D eigenvalue weighted by molar-refractivity contribution is 0.0525. The maximum absolute atomic E-state index is 12.5. The molecule has 188 valence electrons. The van der Waals surface area contributed by atoms with E-state index in [1.54, 1.807) is 19.9 Å². The first-order valence-electron chi connectivity index (χ1n) is 10.7. The molecule has 0 atom stereocenters. The van der Waals surface area contributed by atoms with Crippen molar-refractivity contribution in [1.29, 1.82) is 0 Å². The molecule has 2 aromatic carbocycles. The maximum Gasteiger partial charge on any atom is 0.338 e. The third-order valence-electron chi connectivity index (χ3n) is 4.43. The van der Waals surface area contributed by atoms with Crippen LogP contribution in [-0.2, 0) is 19.5 Å². The summed E-state index contributed by atoms with van der Waals surface area (Å²) in [6, 6.07) is 11.7. The van der Waals surface area contributed by atoms with Crippen molar-refractivity contribution < 1.29 is 27.5 Å². The van der Waals surface area contributed by atoms with Crippen LogP contribution in [0.5, 0.6) is 0 Å². The van der Waals surface area contributed by atoms with Crippen LogP contribution in [-0.4, -0.2) is 48.7 Å². The van der Waals surface area contributed by atoms with Gasteiger partial charge in [-0.05, 0) is 74.6 Å². The number of carbonyl (C=O) groups excluding carboxylic acids is 2. The fourth-order valence-electron chi connectivity index (χ4n) is 2.91. The van der Waals surface area contributed by atoms with Gasteiger partial charge in [0.15, 0.2) is 5.11 Å². The van der Waals surface area contributed by atoms with Gasteiger partial charge in [-0.1, -0.05) is 0 Å². The Hall–Kier alpha value is -4.10. The fourth-order valence-corrected chi connectivity index (χ4v) is 4.10. The standard InChI is InChI=1S/C23H23N5O6S2/c1-3-33-20(29)15-12-16(21(30)34-4-2)14-18(13-15)27-23(35)26-17-6-8-19(9-7-17)36(31,32)28-22-24-10-5-11-25-22/h5-14H,3-4H2,1-2H3,(H,24,25,28)(H2,26,27,35). The molecule has 1 heterocycles. The smallest absolute Gasteiger partial charge is 0.338 e. The molecule has 3 N–H and O–H groups in total. The second-order valence-corrected chi connectivity index (χ2v) is 9.11. The quantitative estimate of drug-likeness (QED) is 0.276. The van der Waals surface area contributed by atoms with E-state index in [1.807, 2.05) is 0 Å². The number of hydrogen-bond donors (Lipinski definition) is 3. The molecule has 3 rings (SSSR count). The van der Waals surface area contributed by atoms with Crippen molar-refractivity contribution in [2.24, 2.45) is 0 Å². The average Bonchev–Trinajstić information content (AvgIpc) is 2.85. The monoisotopic (exact) mass is 529 g/mol. The molecule has 0 saturated heterocycles. The number of ether oxygens (including phenoxy) is 2. The van der Waals surface area contributed by atoms with Gasteiger partial charge in [0, 0.05) is 23.8 Å². The Bertz CT molecular complexity index is 1310. The number of carbonyl (C=O) groups is 2. The summed E-state index contributed by atoms with van der Waals surface area (Å²) < 4.78 is 37.4. The Kier molecular flexibility index (Phi) is 8.86. The highest BCUT2D eigenvalue weighted by Gasteiger charge is 2.17. The molecule has 0 radical (unpaired) electrons. The summed E-state index contributed by atoms with van der Waals surface area (Å²) >= 11 is 5.33. The molecule has 11 nitrogen and oxygen atoms in total. The molecule has 0 aliphatic rings. The molecule has 0 aliphatic carbocycles. The van der Waals surface area contributed by atoms with Crippen LogP contribution in [0.1, 0.15) is 34.6 Å². The third-order valence-corrected chi connectivity index (χ3v) is 5.98. The highest BCUT2D eigenvalue weighted by Crippen LogP contribution is 2.19. The Morgan fingerprint density at radius 3 is 1.92 bits per heavy atom. The first kappa shape index (κ1) is 26.5. The predicted octanol–water partition coefficient (Wildman–Crippen LogP) is 3.44. The van der Waals surface area contributed by atoms with Crippen molar-refractivity contribution in [3.8, 4) is 0 Å². The van der Waals surface area contributed by atoms with Crippen LogP contribution in [0.15, 0.2) is 65.8 Å². The van der Waals surface area contributed by atoms with Crippen molar-refractivity contribution in [3.05, 3.63) is 72.1 Å². The van der Waals surface area contributed by atoms with E-state index >= 15 is 0 Å². The summed E-state index contributed by atoms with van der Waals surface area (Å²) in [5, 5.41) is 5.95. The molecule has 13 heteroatoms. The molecule has 0 spiro atoms. The van der Waals surface area contributed by atoms with Gasteiger partial charge in [0.2, 0.25) is 5.95 Å². The second-order valence-electron chi connectivity index (χ2n) is 7.02. The van der Waals surface area contributed by atoms with Gasteiger partial charge in [-0.2, -0.15) is 0 Å². The molecule has 36 heavy (non-hydrogen) atoms. The van der Waals surface area contributed by atoms with Gasteiger partial charge in [0.1, 0.15) is 0 Å². The lowest BCUT2D eigenvalue weighted by Crippen LogP contribution is -2.20. The number of esters is 2.